The van der Waals surface area contributed by atoms with Gasteiger partial charge in [0.1, 0.15) is 19.3 Å². The second kappa shape index (κ2) is 18.8. The van der Waals surface area contributed by atoms with Crippen LogP contribution in [0.5, 0.6) is 0 Å². The Morgan fingerprint density at radius 1 is 1.06 bits per heavy atom. The van der Waals surface area contributed by atoms with Crippen molar-refractivity contribution in [1.82, 2.24) is 0 Å². The quantitative estimate of drug-likeness (QED) is 0.126. The van der Waals surface area contributed by atoms with Crippen LogP contribution >= 0.6 is 11.6 Å². The van der Waals surface area contributed by atoms with Crippen molar-refractivity contribution in [1.29, 1.82) is 0 Å². The summed E-state index contributed by atoms with van der Waals surface area (Å²) < 4.78 is 14.4. The van der Waals surface area contributed by atoms with Gasteiger partial charge in [0.15, 0.2) is 0 Å². The van der Waals surface area contributed by atoms with Crippen molar-refractivity contribution >= 4 is 29.5 Å². The number of esters is 2. The van der Waals surface area contributed by atoms with Crippen LogP contribution in [0.3, 0.4) is 0 Å². The smallest absolute Gasteiger partial charge is 0.372 e. The molecule has 0 amide bonds. The molecule has 1 heterocycles. The Bertz CT molecular complexity index is 729. The molecule has 1 aliphatic heterocycles. The number of benzene rings is 1. The standard InChI is InChI=1S/C8H12O3.C8H12O2.C7H5ClO3/c1-2-3-4-8(9)11-6-7-5-10-7;1-3-5-6-8(9)10-7-4-2;8-6-3-1-2-5(4-6)7(9)11-10/h2,7H,1,3-6H2;3-4H,1-2,5-7H2;1-4,10H. The second-order valence-electron chi connectivity index (χ2n) is 6.15. The van der Waals surface area contributed by atoms with E-state index in [0.717, 1.165) is 6.61 Å². The van der Waals surface area contributed by atoms with E-state index in [2.05, 4.69) is 29.4 Å². The first-order chi connectivity index (χ1) is 15.4. The molecular formula is C23H29ClO8. The normalized spacial score (nSPS) is 13.0. The molecule has 1 saturated heterocycles. The predicted molar refractivity (Wildman–Crippen MR) is 120 cm³/mol. The molecule has 1 aliphatic rings. The molecule has 1 fully saturated rings. The van der Waals surface area contributed by atoms with Crippen LogP contribution in [0.15, 0.2) is 62.2 Å². The van der Waals surface area contributed by atoms with E-state index in [4.69, 9.17) is 26.3 Å². The molecule has 2 rings (SSSR count). The Balaban J connectivity index is 0.000000452. The van der Waals surface area contributed by atoms with Gasteiger partial charge in [0.2, 0.25) is 0 Å². The third kappa shape index (κ3) is 16.8. The number of rotatable bonds is 11. The van der Waals surface area contributed by atoms with Gasteiger partial charge in [-0.2, -0.15) is 5.26 Å². The number of hydrogen-bond acceptors (Lipinski definition) is 8. The maximum absolute atomic E-state index is 10.8. The van der Waals surface area contributed by atoms with Crippen LogP contribution in [0.1, 0.15) is 36.0 Å². The molecule has 176 valence electrons. The molecule has 0 aromatic heterocycles. The van der Waals surface area contributed by atoms with Crippen LogP contribution < -0.4 is 0 Å². The summed E-state index contributed by atoms with van der Waals surface area (Å²) >= 11 is 5.56. The minimum absolute atomic E-state index is 0.166. The van der Waals surface area contributed by atoms with Crippen LogP contribution in [0.2, 0.25) is 5.02 Å². The molecule has 1 unspecified atom stereocenters. The Hall–Kier alpha value is -2.94. The average Bonchev–Trinajstić information content (AvgIpc) is 3.63. The first-order valence-electron chi connectivity index (χ1n) is 9.74. The number of carbonyl (C=O) groups is 3. The molecule has 8 nitrogen and oxygen atoms in total. The largest absolute Gasteiger partial charge is 0.463 e. The molecule has 0 spiro atoms. The van der Waals surface area contributed by atoms with E-state index in [0.29, 0.717) is 43.9 Å². The SMILES string of the molecule is C=CCCC(=O)OCC1CO1.C=CCCC(=O)OCC=C.O=C(OO)c1cccc(Cl)c1. The van der Waals surface area contributed by atoms with Crippen LogP contribution in [-0.4, -0.2) is 49.1 Å². The van der Waals surface area contributed by atoms with Crippen molar-refractivity contribution in [3.8, 4) is 0 Å². The van der Waals surface area contributed by atoms with Gasteiger partial charge in [0, 0.05) is 17.9 Å². The van der Waals surface area contributed by atoms with Crippen molar-refractivity contribution in [3.05, 3.63) is 72.8 Å². The van der Waals surface area contributed by atoms with E-state index in [1.165, 1.54) is 12.1 Å². The number of halogens is 1. The molecule has 0 aliphatic carbocycles. The van der Waals surface area contributed by atoms with Gasteiger partial charge in [-0.05, 0) is 31.0 Å². The van der Waals surface area contributed by atoms with E-state index in [9.17, 15) is 14.4 Å². The lowest BCUT2D eigenvalue weighted by Crippen LogP contribution is -2.08. The second-order valence-corrected chi connectivity index (χ2v) is 6.59. The van der Waals surface area contributed by atoms with Gasteiger partial charge in [-0.3, -0.25) is 14.5 Å². The third-order valence-corrected chi connectivity index (χ3v) is 3.68. The Morgan fingerprint density at radius 2 is 1.66 bits per heavy atom. The maximum atomic E-state index is 10.8. The molecule has 1 N–H and O–H groups in total. The van der Waals surface area contributed by atoms with Gasteiger partial charge in [-0.25, -0.2) is 4.79 Å². The van der Waals surface area contributed by atoms with Gasteiger partial charge in [0.05, 0.1) is 12.2 Å². The molecule has 1 atom stereocenters. The highest BCUT2D eigenvalue weighted by molar-refractivity contribution is 6.30. The fourth-order valence-corrected chi connectivity index (χ4v) is 1.94. The number of carbonyl (C=O) groups excluding carboxylic acids is 3. The van der Waals surface area contributed by atoms with Crippen LogP contribution in [0, 0.1) is 0 Å². The van der Waals surface area contributed by atoms with Gasteiger partial charge in [-0.15, -0.1) is 13.2 Å². The zero-order valence-electron chi connectivity index (χ0n) is 17.9. The Labute approximate surface area is 193 Å². The first-order valence-corrected chi connectivity index (χ1v) is 10.1. The molecular weight excluding hydrogens is 440 g/mol. The van der Waals surface area contributed by atoms with Gasteiger partial charge in [0.25, 0.3) is 0 Å². The fraction of sp³-hybridized carbons (Fsp3) is 0.348. The maximum Gasteiger partial charge on any atom is 0.372 e. The summed E-state index contributed by atoms with van der Waals surface area (Å²) in [4.78, 5) is 35.6. The zero-order chi connectivity index (χ0) is 24.2. The Morgan fingerprint density at radius 3 is 2.12 bits per heavy atom. The van der Waals surface area contributed by atoms with E-state index in [1.54, 1.807) is 30.4 Å². The summed E-state index contributed by atoms with van der Waals surface area (Å²) in [6.45, 7) is 11.9. The molecule has 9 heteroatoms. The monoisotopic (exact) mass is 468 g/mol. The van der Waals surface area contributed by atoms with E-state index >= 15 is 0 Å². The number of hydrogen-bond donors (Lipinski definition) is 1. The fourth-order valence-electron chi connectivity index (χ4n) is 1.75. The summed E-state index contributed by atoms with van der Waals surface area (Å²) in [5.74, 6) is -1.17. The van der Waals surface area contributed by atoms with Crippen molar-refractivity contribution < 1.29 is 38.7 Å². The first kappa shape index (κ1) is 29.1. The molecule has 0 saturated carbocycles. The minimum atomic E-state index is -0.813. The van der Waals surface area contributed by atoms with Crippen molar-refractivity contribution in [2.45, 2.75) is 31.8 Å². The molecule has 0 bridgehead atoms. The molecule has 1 aromatic rings. The van der Waals surface area contributed by atoms with E-state index in [1.807, 2.05) is 0 Å². The lowest BCUT2D eigenvalue weighted by molar-refractivity contribution is -0.182. The highest BCUT2D eigenvalue weighted by Crippen LogP contribution is 2.11. The summed E-state index contributed by atoms with van der Waals surface area (Å²) in [7, 11) is 0. The van der Waals surface area contributed by atoms with Gasteiger partial charge >= 0.3 is 17.9 Å². The average molecular weight is 469 g/mol. The molecule has 0 radical (unpaired) electrons. The Kier molecular flexibility index (Phi) is 17.1. The topological polar surface area (TPSA) is 112 Å². The van der Waals surface area contributed by atoms with Crippen molar-refractivity contribution in [3.63, 3.8) is 0 Å². The van der Waals surface area contributed by atoms with E-state index in [-0.39, 0.29) is 23.6 Å². The number of ether oxygens (including phenoxy) is 3. The van der Waals surface area contributed by atoms with Crippen LogP contribution in [0.25, 0.3) is 0 Å². The van der Waals surface area contributed by atoms with E-state index < -0.39 is 5.97 Å². The van der Waals surface area contributed by atoms with Crippen molar-refractivity contribution in [2.75, 3.05) is 19.8 Å². The lowest BCUT2D eigenvalue weighted by atomic mass is 10.2. The summed E-state index contributed by atoms with van der Waals surface area (Å²) in [5.41, 5.74) is 0.222. The highest BCUT2D eigenvalue weighted by atomic mass is 35.5. The molecule has 1 aromatic carbocycles. The zero-order valence-corrected chi connectivity index (χ0v) is 18.6. The number of epoxide rings is 1. The van der Waals surface area contributed by atoms with Crippen LogP contribution in [0.4, 0.5) is 0 Å². The van der Waals surface area contributed by atoms with Crippen LogP contribution in [-0.2, 0) is 28.7 Å². The highest BCUT2D eigenvalue weighted by Gasteiger charge is 2.23. The summed E-state index contributed by atoms with van der Waals surface area (Å²) in [6, 6.07) is 6.11. The predicted octanol–water partition coefficient (Wildman–Crippen LogP) is 4.55. The molecule has 32 heavy (non-hydrogen) atoms. The number of allylic oxidation sites excluding steroid dienone is 2. The third-order valence-electron chi connectivity index (χ3n) is 3.44. The van der Waals surface area contributed by atoms with Gasteiger partial charge in [-0.1, -0.05) is 42.5 Å². The lowest BCUT2D eigenvalue weighted by Gasteiger charge is -1.99. The minimum Gasteiger partial charge on any atom is -0.463 e. The van der Waals surface area contributed by atoms with Crippen molar-refractivity contribution in [2.24, 2.45) is 0 Å². The summed E-state index contributed by atoms with van der Waals surface area (Å²) in [5, 5.41) is 8.41. The summed E-state index contributed by atoms with van der Waals surface area (Å²) in [6.07, 6.45) is 7.31. The van der Waals surface area contributed by atoms with Gasteiger partial charge < -0.3 is 14.2 Å².